The average Bonchev–Trinajstić information content (AvgIpc) is 2.29. The molecule has 0 saturated heterocycles. The van der Waals surface area contributed by atoms with Gasteiger partial charge >= 0.3 is 0 Å². The van der Waals surface area contributed by atoms with Gasteiger partial charge in [0.1, 0.15) is 6.61 Å². The first kappa shape index (κ1) is 11.5. The van der Waals surface area contributed by atoms with Crippen molar-refractivity contribution < 1.29 is 9.84 Å². The third-order valence-corrected chi connectivity index (χ3v) is 2.63. The number of benzene rings is 2. The van der Waals surface area contributed by atoms with Gasteiger partial charge in [0.05, 0.1) is 0 Å². The topological polar surface area (TPSA) is 29.5 Å². The Morgan fingerprint density at radius 1 is 1.06 bits per heavy atom. The standard InChI is InChI=1S/C15H16O2/c1-11-8-12(2)15(14(16)9-11)17-10-13-6-4-3-5-7-13/h3-9,16H,10H2,1-2H3. The van der Waals surface area contributed by atoms with Crippen molar-refractivity contribution in [1.29, 1.82) is 0 Å². The van der Waals surface area contributed by atoms with E-state index in [2.05, 4.69) is 0 Å². The lowest BCUT2D eigenvalue weighted by Gasteiger charge is -2.11. The first-order valence-corrected chi connectivity index (χ1v) is 5.64. The third kappa shape index (κ3) is 2.78. The molecule has 88 valence electrons. The van der Waals surface area contributed by atoms with Crippen LogP contribution in [0.2, 0.25) is 0 Å². The molecule has 17 heavy (non-hydrogen) atoms. The fraction of sp³-hybridized carbons (Fsp3) is 0.200. The molecule has 2 nitrogen and oxygen atoms in total. The molecule has 0 aliphatic heterocycles. The monoisotopic (exact) mass is 228 g/mol. The SMILES string of the molecule is Cc1cc(C)c(OCc2ccccc2)c(O)c1. The molecular weight excluding hydrogens is 212 g/mol. The van der Waals surface area contributed by atoms with Crippen LogP contribution in [0, 0.1) is 13.8 Å². The molecule has 0 atom stereocenters. The number of phenols is 1. The summed E-state index contributed by atoms with van der Waals surface area (Å²) in [7, 11) is 0. The van der Waals surface area contributed by atoms with E-state index >= 15 is 0 Å². The summed E-state index contributed by atoms with van der Waals surface area (Å²) in [5.41, 5.74) is 3.08. The molecule has 0 saturated carbocycles. The molecule has 0 aliphatic rings. The van der Waals surface area contributed by atoms with Crippen molar-refractivity contribution in [2.45, 2.75) is 20.5 Å². The van der Waals surface area contributed by atoms with Crippen molar-refractivity contribution in [3.8, 4) is 11.5 Å². The Bertz CT molecular complexity index is 481. The maximum absolute atomic E-state index is 9.83. The fourth-order valence-corrected chi connectivity index (χ4v) is 1.85. The van der Waals surface area contributed by atoms with Gasteiger partial charge in [0.15, 0.2) is 11.5 Å². The maximum atomic E-state index is 9.83. The summed E-state index contributed by atoms with van der Waals surface area (Å²) in [5, 5.41) is 9.83. The van der Waals surface area contributed by atoms with E-state index in [-0.39, 0.29) is 5.75 Å². The number of hydrogen-bond acceptors (Lipinski definition) is 2. The van der Waals surface area contributed by atoms with Crippen molar-refractivity contribution in [2.24, 2.45) is 0 Å². The summed E-state index contributed by atoms with van der Waals surface area (Å²) >= 11 is 0. The second-order valence-corrected chi connectivity index (χ2v) is 4.20. The van der Waals surface area contributed by atoms with Gasteiger partial charge < -0.3 is 9.84 Å². The Balaban J connectivity index is 2.15. The average molecular weight is 228 g/mol. The van der Waals surface area contributed by atoms with Crippen molar-refractivity contribution in [1.82, 2.24) is 0 Å². The number of aromatic hydroxyl groups is 1. The number of phenolic OH excluding ortho intramolecular Hbond substituents is 1. The Hall–Kier alpha value is -1.96. The molecule has 0 aromatic heterocycles. The molecule has 0 spiro atoms. The molecule has 2 heteroatoms. The van der Waals surface area contributed by atoms with Gasteiger partial charge in [0.25, 0.3) is 0 Å². The zero-order chi connectivity index (χ0) is 12.3. The minimum Gasteiger partial charge on any atom is -0.504 e. The van der Waals surface area contributed by atoms with Gasteiger partial charge in [-0.1, -0.05) is 36.4 Å². The van der Waals surface area contributed by atoms with Gasteiger partial charge in [0.2, 0.25) is 0 Å². The maximum Gasteiger partial charge on any atom is 0.164 e. The second-order valence-electron chi connectivity index (χ2n) is 4.20. The zero-order valence-electron chi connectivity index (χ0n) is 10.1. The van der Waals surface area contributed by atoms with Crippen LogP contribution in [-0.2, 0) is 6.61 Å². The van der Waals surface area contributed by atoms with E-state index in [0.29, 0.717) is 12.4 Å². The molecule has 0 aliphatic carbocycles. The highest BCUT2D eigenvalue weighted by atomic mass is 16.5. The number of ether oxygens (including phenoxy) is 1. The normalized spacial score (nSPS) is 10.2. The molecule has 0 fully saturated rings. The summed E-state index contributed by atoms with van der Waals surface area (Å²) in [6.07, 6.45) is 0. The van der Waals surface area contributed by atoms with Gasteiger partial charge in [-0.2, -0.15) is 0 Å². The Morgan fingerprint density at radius 2 is 1.76 bits per heavy atom. The van der Waals surface area contributed by atoms with Crippen LogP contribution in [0.1, 0.15) is 16.7 Å². The lowest BCUT2D eigenvalue weighted by atomic mass is 10.1. The predicted molar refractivity (Wildman–Crippen MR) is 68.4 cm³/mol. The molecule has 0 unspecified atom stereocenters. The molecule has 0 bridgehead atoms. The van der Waals surface area contributed by atoms with Crippen molar-refractivity contribution in [3.05, 3.63) is 59.2 Å². The van der Waals surface area contributed by atoms with Gasteiger partial charge in [-0.05, 0) is 36.6 Å². The van der Waals surface area contributed by atoms with E-state index in [9.17, 15) is 5.11 Å². The quantitative estimate of drug-likeness (QED) is 0.870. The number of rotatable bonds is 3. The van der Waals surface area contributed by atoms with Crippen LogP contribution in [0.3, 0.4) is 0 Å². The summed E-state index contributed by atoms with van der Waals surface area (Å²) in [5.74, 6) is 0.776. The van der Waals surface area contributed by atoms with Crippen LogP contribution in [0.5, 0.6) is 11.5 Å². The summed E-state index contributed by atoms with van der Waals surface area (Å²) in [6, 6.07) is 13.6. The highest BCUT2D eigenvalue weighted by molar-refractivity contribution is 5.47. The van der Waals surface area contributed by atoms with E-state index in [0.717, 1.165) is 16.7 Å². The van der Waals surface area contributed by atoms with E-state index in [1.165, 1.54) is 0 Å². The third-order valence-electron chi connectivity index (χ3n) is 2.63. The van der Waals surface area contributed by atoms with Gasteiger partial charge in [-0.3, -0.25) is 0 Å². The second kappa shape index (κ2) is 4.91. The van der Waals surface area contributed by atoms with Gasteiger partial charge in [0, 0.05) is 0 Å². The van der Waals surface area contributed by atoms with E-state index in [4.69, 9.17) is 4.74 Å². The van der Waals surface area contributed by atoms with Crippen LogP contribution < -0.4 is 4.74 Å². The van der Waals surface area contributed by atoms with E-state index in [1.54, 1.807) is 6.07 Å². The molecule has 2 aromatic rings. The number of aryl methyl sites for hydroxylation is 2. The zero-order valence-corrected chi connectivity index (χ0v) is 10.1. The van der Waals surface area contributed by atoms with E-state index in [1.807, 2.05) is 50.2 Å². The summed E-state index contributed by atoms with van der Waals surface area (Å²) < 4.78 is 5.66. The highest BCUT2D eigenvalue weighted by Gasteiger charge is 2.07. The minimum atomic E-state index is 0.207. The lowest BCUT2D eigenvalue weighted by Crippen LogP contribution is -1.97. The van der Waals surface area contributed by atoms with Crippen LogP contribution in [0.25, 0.3) is 0 Å². The van der Waals surface area contributed by atoms with E-state index < -0.39 is 0 Å². The highest BCUT2D eigenvalue weighted by Crippen LogP contribution is 2.31. The molecule has 0 heterocycles. The Morgan fingerprint density at radius 3 is 2.41 bits per heavy atom. The summed E-state index contributed by atoms with van der Waals surface area (Å²) in [4.78, 5) is 0. The van der Waals surface area contributed by atoms with Gasteiger partial charge in [-0.25, -0.2) is 0 Å². The van der Waals surface area contributed by atoms with Crippen LogP contribution in [-0.4, -0.2) is 5.11 Å². The first-order valence-electron chi connectivity index (χ1n) is 5.64. The number of hydrogen-bond donors (Lipinski definition) is 1. The van der Waals surface area contributed by atoms with Crippen LogP contribution >= 0.6 is 0 Å². The molecule has 1 N–H and O–H groups in total. The van der Waals surface area contributed by atoms with Crippen molar-refractivity contribution in [2.75, 3.05) is 0 Å². The van der Waals surface area contributed by atoms with Crippen molar-refractivity contribution in [3.63, 3.8) is 0 Å². The molecule has 0 amide bonds. The Kier molecular flexibility index (Phi) is 3.33. The minimum absolute atomic E-state index is 0.207. The molecule has 0 radical (unpaired) electrons. The Labute approximate surface area is 101 Å². The molecule has 2 rings (SSSR count). The van der Waals surface area contributed by atoms with Gasteiger partial charge in [-0.15, -0.1) is 0 Å². The summed E-state index contributed by atoms with van der Waals surface area (Å²) in [6.45, 7) is 4.36. The predicted octanol–water partition coefficient (Wildman–Crippen LogP) is 3.59. The largest absolute Gasteiger partial charge is 0.504 e. The molecular formula is C15H16O2. The first-order chi connectivity index (χ1) is 8.16. The van der Waals surface area contributed by atoms with Crippen LogP contribution in [0.4, 0.5) is 0 Å². The fourth-order valence-electron chi connectivity index (χ4n) is 1.85. The van der Waals surface area contributed by atoms with Crippen LogP contribution in [0.15, 0.2) is 42.5 Å². The smallest absolute Gasteiger partial charge is 0.164 e. The lowest BCUT2D eigenvalue weighted by molar-refractivity contribution is 0.287. The van der Waals surface area contributed by atoms with Crippen molar-refractivity contribution >= 4 is 0 Å². The molecule has 2 aromatic carbocycles.